The van der Waals surface area contributed by atoms with Crippen molar-refractivity contribution in [3.8, 4) is 0 Å². The quantitative estimate of drug-likeness (QED) is 0.611. The number of hydrogen-bond donors (Lipinski definition) is 1. The van der Waals surface area contributed by atoms with Gasteiger partial charge in [-0.1, -0.05) is 30.3 Å². The molecule has 0 heterocycles. The van der Waals surface area contributed by atoms with E-state index in [2.05, 4.69) is 4.72 Å². The number of rotatable bonds is 7. The monoisotopic (exact) mass is 349 g/mol. The Kier molecular flexibility index (Phi) is 5.66. The van der Waals surface area contributed by atoms with Crippen LogP contribution in [0.4, 0.5) is 5.69 Å². The van der Waals surface area contributed by atoms with Crippen LogP contribution in [-0.4, -0.2) is 38.9 Å². The highest BCUT2D eigenvalue weighted by molar-refractivity contribution is 7.89. The zero-order valence-corrected chi connectivity index (χ0v) is 14.2. The van der Waals surface area contributed by atoms with Gasteiger partial charge in [0.25, 0.3) is 5.69 Å². The van der Waals surface area contributed by atoms with Gasteiger partial charge < -0.3 is 4.90 Å². The summed E-state index contributed by atoms with van der Waals surface area (Å²) in [7, 11) is -0.0805. The van der Waals surface area contributed by atoms with Crippen LogP contribution in [0.1, 0.15) is 11.6 Å². The summed E-state index contributed by atoms with van der Waals surface area (Å²) in [5, 5.41) is 10.7. The molecule has 1 N–H and O–H groups in total. The van der Waals surface area contributed by atoms with Crippen LogP contribution >= 0.6 is 0 Å². The molecule has 2 aromatic rings. The van der Waals surface area contributed by atoms with Crippen LogP contribution in [0.2, 0.25) is 0 Å². The van der Waals surface area contributed by atoms with Crippen LogP contribution in [-0.2, 0) is 10.0 Å². The van der Waals surface area contributed by atoms with Gasteiger partial charge in [0, 0.05) is 18.7 Å². The fourth-order valence-corrected chi connectivity index (χ4v) is 3.48. The fourth-order valence-electron chi connectivity index (χ4n) is 2.26. The van der Waals surface area contributed by atoms with Crippen molar-refractivity contribution < 1.29 is 13.3 Å². The van der Waals surface area contributed by atoms with Gasteiger partial charge in [-0.2, -0.15) is 0 Å². The predicted octanol–water partition coefficient (Wildman–Crippen LogP) is 2.18. The number of hydrogen-bond acceptors (Lipinski definition) is 5. The van der Waals surface area contributed by atoms with Crippen LogP contribution < -0.4 is 4.72 Å². The molecule has 0 saturated carbocycles. The lowest BCUT2D eigenvalue weighted by Crippen LogP contribution is -2.35. The lowest BCUT2D eigenvalue weighted by Gasteiger charge is -2.22. The molecular weight excluding hydrogens is 330 g/mol. The van der Waals surface area contributed by atoms with Gasteiger partial charge in [0.15, 0.2) is 0 Å². The maximum absolute atomic E-state index is 12.6. The molecule has 0 bridgehead atoms. The zero-order valence-electron chi connectivity index (χ0n) is 13.4. The number of likely N-dealkylation sites (N-methyl/N-ethyl adjacent to an activating group) is 1. The molecule has 0 aromatic heterocycles. The number of sulfonamides is 1. The van der Waals surface area contributed by atoms with E-state index in [9.17, 15) is 18.5 Å². The molecule has 8 heteroatoms. The topological polar surface area (TPSA) is 92.6 Å². The Morgan fingerprint density at radius 2 is 1.67 bits per heavy atom. The third kappa shape index (κ3) is 4.60. The second-order valence-electron chi connectivity index (χ2n) is 5.60. The van der Waals surface area contributed by atoms with Gasteiger partial charge in [-0.15, -0.1) is 0 Å². The van der Waals surface area contributed by atoms with Gasteiger partial charge in [-0.05, 0) is 31.8 Å². The van der Waals surface area contributed by atoms with Gasteiger partial charge in [0.1, 0.15) is 0 Å². The summed E-state index contributed by atoms with van der Waals surface area (Å²) in [6.45, 7) is 0.482. The van der Waals surface area contributed by atoms with Gasteiger partial charge in [-0.25, -0.2) is 13.1 Å². The maximum Gasteiger partial charge on any atom is 0.269 e. The smallest absolute Gasteiger partial charge is 0.269 e. The van der Waals surface area contributed by atoms with Crippen LogP contribution in [0.25, 0.3) is 0 Å². The van der Waals surface area contributed by atoms with Crippen LogP contribution in [0.15, 0.2) is 59.5 Å². The summed E-state index contributed by atoms with van der Waals surface area (Å²) < 4.78 is 27.8. The minimum Gasteiger partial charge on any atom is -0.307 e. The molecule has 0 spiro atoms. The molecule has 24 heavy (non-hydrogen) atoms. The van der Waals surface area contributed by atoms with Crippen molar-refractivity contribution in [1.29, 1.82) is 0 Å². The SMILES string of the molecule is CN(C)C[C@@H](NS(=O)(=O)c1ccc([N+](=O)[O-])cc1)c1ccccc1. The molecule has 2 rings (SSSR count). The molecule has 0 aliphatic heterocycles. The highest BCUT2D eigenvalue weighted by Gasteiger charge is 2.22. The number of nitro benzene ring substituents is 1. The molecule has 0 unspecified atom stereocenters. The molecule has 0 aliphatic carbocycles. The minimum atomic E-state index is -3.79. The maximum atomic E-state index is 12.6. The third-order valence-corrected chi connectivity index (χ3v) is 4.89. The highest BCUT2D eigenvalue weighted by Crippen LogP contribution is 2.20. The Balaban J connectivity index is 2.28. The highest BCUT2D eigenvalue weighted by atomic mass is 32.2. The first-order chi connectivity index (χ1) is 11.3. The number of nitrogens with zero attached hydrogens (tertiary/aromatic N) is 2. The number of nitro groups is 1. The Bertz CT molecular complexity index is 790. The molecule has 0 saturated heterocycles. The van der Waals surface area contributed by atoms with Gasteiger partial charge in [0.05, 0.1) is 15.9 Å². The molecule has 128 valence electrons. The van der Waals surface area contributed by atoms with E-state index in [-0.39, 0.29) is 10.6 Å². The first-order valence-corrected chi connectivity index (χ1v) is 8.74. The predicted molar refractivity (Wildman–Crippen MR) is 91.2 cm³/mol. The van der Waals surface area contributed by atoms with Crippen molar-refractivity contribution in [2.24, 2.45) is 0 Å². The van der Waals surface area contributed by atoms with E-state index in [1.54, 1.807) is 0 Å². The van der Waals surface area contributed by atoms with E-state index in [0.29, 0.717) is 6.54 Å². The number of non-ortho nitro benzene ring substituents is 1. The Labute approximate surface area is 141 Å². The van der Waals surface area contributed by atoms with Crippen molar-refractivity contribution in [3.63, 3.8) is 0 Å². The van der Waals surface area contributed by atoms with Gasteiger partial charge >= 0.3 is 0 Å². The largest absolute Gasteiger partial charge is 0.307 e. The van der Waals surface area contributed by atoms with Crippen molar-refractivity contribution in [3.05, 3.63) is 70.3 Å². The van der Waals surface area contributed by atoms with Crippen LogP contribution in [0.5, 0.6) is 0 Å². The Hall–Kier alpha value is -2.29. The summed E-state index contributed by atoms with van der Waals surface area (Å²) in [5.41, 5.74) is 0.693. The van der Waals surface area contributed by atoms with E-state index in [4.69, 9.17) is 0 Å². The summed E-state index contributed by atoms with van der Waals surface area (Å²) in [5.74, 6) is 0. The average Bonchev–Trinajstić information content (AvgIpc) is 2.54. The lowest BCUT2D eigenvalue weighted by molar-refractivity contribution is -0.384. The van der Waals surface area contributed by atoms with Gasteiger partial charge in [0.2, 0.25) is 10.0 Å². The molecule has 0 radical (unpaired) electrons. The van der Waals surface area contributed by atoms with E-state index < -0.39 is 21.0 Å². The molecule has 0 fully saturated rings. The van der Waals surface area contributed by atoms with Crippen LogP contribution in [0.3, 0.4) is 0 Å². The lowest BCUT2D eigenvalue weighted by atomic mass is 10.1. The second-order valence-corrected chi connectivity index (χ2v) is 7.31. The molecule has 0 aliphatic rings. The summed E-state index contributed by atoms with van der Waals surface area (Å²) in [6, 6.07) is 13.7. The normalized spacial score (nSPS) is 13.0. The van der Waals surface area contributed by atoms with Gasteiger partial charge in [-0.3, -0.25) is 10.1 Å². The molecule has 2 aromatic carbocycles. The van der Waals surface area contributed by atoms with Crippen molar-refractivity contribution in [2.45, 2.75) is 10.9 Å². The molecular formula is C16H19N3O4S. The molecule has 7 nitrogen and oxygen atoms in total. The fraction of sp³-hybridized carbons (Fsp3) is 0.250. The van der Waals surface area contributed by atoms with Crippen molar-refractivity contribution in [1.82, 2.24) is 9.62 Å². The van der Waals surface area contributed by atoms with Crippen LogP contribution in [0, 0.1) is 10.1 Å². The molecule has 0 amide bonds. The van der Waals surface area contributed by atoms with E-state index in [1.165, 1.54) is 24.3 Å². The third-order valence-electron chi connectivity index (χ3n) is 3.40. The number of nitrogens with one attached hydrogen (secondary N) is 1. The Morgan fingerprint density at radius 3 is 2.17 bits per heavy atom. The van der Waals surface area contributed by atoms with E-state index >= 15 is 0 Å². The van der Waals surface area contributed by atoms with Crippen molar-refractivity contribution in [2.75, 3.05) is 20.6 Å². The standard InChI is InChI=1S/C16H19N3O4S/c1-18(2)12-16(13-6-4-3-5-7-13)17-24(22,23)15-10-8-14(9-11-15)19(20)21/h3-11,16-17H,12H2,1-2H3/t16-/m1/s1. The Morgan fingerprint density at radius 1 is 1.08 bits per heavy atom. The molecule has 1 atom stereocenters. The first-order valence-electron chi connectivity index (χ1n) is 7.26. The summed E-state index contributed by atoms with van der Waals surface area (Å²) in [6.07, 6.45) is 0. The summed E-state index contributed by atoms with van der Waals surface area (Å²) in [4.78, 5) is 12.0. The second kappa shape index (κ2) is 7.52. The minimum absolute atomic E-state index is 0.00668. The van der Waals surface area contributed by atoms with Crippen molar-refractivity contribution >= 4 is 15.7 Å². The first kappa shape index (κ1) is 18.1. The average molecular weight is 349 g/mol. The van der Waals surface area contributed by atoms with E-state index in [0.717, 1.165) is 5.56 Å². The zero-order chi connectivity index (χ0) is 17.7. The number of benzene rings is 2. The van der Waals surface area contributed by atoms with E-state index in [1.807, 2.05) is 49.3 Å². The summed E-state index contributed by atoms with van der Waals surface area (Å²) >= 11 is 0.